The Hall–Kier alpha value is -3.30. The van der Waals surface area contributed by atoms with Crippen LogP contribution in [0.1, 0.15) is 23.2 Å². The van der Waals surface area contributed by atoms with Gasteiger partial charge in [0, 0.05) is 43.8 Å². The molecule has 0 saturated carbocycles. The number of nitrogens with zero attached hydrogens (tertiary/aromatic N) is 6. The molecule has 146 valence electrons. The van der Waals surface area contributed by atoms with Gasteiger partial charge in [-0.3, -0.25) is 9.78 Å². The lowest BCUT2D eigenvalue weighted by Gasteiger charge is -2.32. The second-order valence-electron chi connectivity index (χ2n) is 6.74. The molecule has 1 amide bonds. The highest BCUT2D eigenvalue weighted by Crippen LogP contribution is 2.24. The number of nitrogens with one attached hydrogen (secondary N) is 1. The Balaban J connectivity index is 1.42. The highest BCUT2D eigenvalue weighted by Gasteiger charge is 2.24. The Bertz CT molecular complexity index is 1010. The summed E-state index contributed by atoms with van der Waals surface area (Å²) >= 11 is 0. The van der Waals surface area contributed by atoms with Gasteiger partial charge in [-0.1, -0.05) is 5.10 Å². The van der Waals surface area contributed by atoms with Crippen LogP contribution < -0.4 is 15.0 Å². The van der Waals surface area contributed by atoms with Crippen LogP contribution in [0.2, 0.25) is 0 Å². The van der Waals surface area contributed by atoms with Crippen molar-refractivity contribution in [2.45, 2.75) is 18.9 Å². The van der Waals surface area contributed by atoms with Crippen molar-refractivity contribution in [1.29, 1.82) is 0 Å². The van der Waals surface area contributed by atoms with E-state index < -0.39 is 5.82 Å². The molecule has 10 heteroatoms. The van der Waals surface area contributed by atoms with Gasteiger partial charge in [0.15, 0.2) is 11.6 Å². The minimum Gasteiger partial charge on any atom is -0.494 e. The van der Waals surface area contributed by atoms with Gasteiger partial charge in [-0.2, -0.15) is 0 Å². The number of hydrogen-bond donors (Lipinski definition) is 1. The van der Waals surface area contributed by atoms with Crippen LogP contribution in [-0.4, -0.2) is 57.3 Å². The predicted octanol–water partition coefficient (Wildman–Crippen LogP) is 1.30. The monoisotopic (exact) mass is 385 g/mol. The first-order valence-corrected chi connectivity index (χ1v) is 8.96. The molecule has 0 radical (unpaired) electrons. The largest absolute Gasteiger partial charge is 0.494 e. The number of ether oxygens (including phenoxy) is 1. The van der Waals surface area contributed by atoms with Gasteiger partial charge in [0.25, 0.3) is 5.91 Å². The lowest BCUT2D eigenvalue weighted by atomic mass is 10.0. The Morgan fingerprint density at radius 3 is 2.75 bits per heavy atom. The van der Waals surface area contributed by atoms with Gasteiger partial charge in [0.1, 0.15) is 0 Å². The number of tetrazole rings is 1. The lowest BCUT2D eigenvalue weighted by Crippen LogP contribution is -2.45. The molecule has 0 atom stereocenters. The molecule has 4 rings (SSSR count). The van der Waals surface area contributed by atoms with Crippen molar-refractivity contribution in [2.75, 3.05) is 25.1 Å². The van der Waals surface area contributed by atoms with E-state index in [2.05, 4.69) is 30.7 Å². The number of anilines is 1. The minimum absolute atomic E-state index is 0.0493. The highest BCUT2D eigenvalue weighted by atomic mass is 19.1. The lowest BCUT2D eigenvalue weighted by molar-refractivity contribution is 0.0931. The van der Waals surface area contributed by atoms with E-state index >= 15 is 0 Å². The Morgan fingerprint density at radius 2 is 2.07 bits per heavy atom. The molecule has 1 N–H and O–H groups in total. The van der Waals surface area contributed by atoms with Crippen LogP contribution in [0.25, 0.3) is 10.9 Å². The third kappa shape index (κ3) is 3.45. The number of benzene rings is 1. The molecule has 2 aromatic heterocycles. The van der Waals surface area contributed by atoms with Gasteiger partial charge in [-0.25, -0.2) is 9.07 Å². The quantitative estimate of drug-likeness (QED) is 0.723. The number of fused-ring (bicyclic) bond motifs is 1. The van der Waals surface area contributed by atoms with Crippen LogP contribution in [0, 0.1) is 5.82 Å². The Labute approximate surface area is 160 Å². The van der Waals surface area contributed by atoms with E-state index in [4.69, 9.17) is 4.74 Å². The first-order chi connectivity index (χ1) is 13.5. The number of hydrogen-bond acceptors (Lipinski definition) is 7. The molecule has 0 aliphatic carbocycles. The summed E-state index contributed by atoms with van der Waals surface area (Å²) in [4.78, 5) is 19.0. The van der Waals surface area contributed by atoms with E-state index in [0.29, 0.717) is 16.5 Å². The van der Waals surface area contributed by atoms with E-state index in [1.54, 1.807) is 17.8 Å². The smallest absolute Gasteiger partial charge is 0.253 e. The van der Waals surface area contributed by atoms with Crippen LogP contribution in [0.3, 0.4) is 0 Å². The fraction of sp³-hybridized carbons (Fsp3) is 0.389. The first kappa shape index (κ1) is 18.1. The molecule has 1 fully saturated rings. The number of carbonyl (C=O) groups is 1. The van der Waals surface area contributed by atoms with Gasteiger partial charge in [0.2, 0.25) is 5.95 Å². The first-order valence-electron chi connectivity index (χ1n) is 8.96. The van der Waals surface area contributed by atoms with Crippen molar-refractivity contribution < 1.29 is 13.9 Å². The second kappa shape index (κ2) is 7.37. The standard InChI is InChI=1S/C18H20FN7O2/c1-25-18(22-23-24-25)26-5-3-13(4-6-26)21-17(27)12-7-11-8-14(19)16(28-2)9-15(11)20-10-12/h7-10,13H,3-6H2,1-2H3,(H,21,27). The zero-order chi connectivity index (χ0) is 19.7. The van der Waals surface area contributed by atoms with Gasteiger partial charge < -0.3 is 15.0 Å². The number of amides is 1. The number of piperidine rings is 1. The van der Waals surface area contributed by atoms with E-state index in [-0.39, 0.29) is 17.7 Å². The third-order valence-electron chi connectivity index (χ3n) is 4.93. The maximum Gasteiger partial charge on any atom is 0.253 e. The van der Waals surface area contributed by atoms with E-state index in [9.17, 15) is 9.18 Å². The summed E-state index contributed by atoms with van der Waals surface area (Å²) in [5.74, 6) is 0.146. The van der Waals surface area contributed by atoms with Crippen molar-refractivity contribution in [3.63, 3.8) is 0 Å². The van der Waals surface area contributed by atoms with Crippen LogP contribution in [0.4, 0.5) is 10.3 Å². The SMILES string of the molecule is COc1cc2ncc(C(=O)NC3CCN(c4nnnn4C)CC3)cc2cc1F. The van der Waals surface area contributed by atoms with Crippen LogP contribution >= 0.6 is 0 Å². The van der Waals surface area contributed by atoms with Crippen molar-refractivity contribution in [3.05, 3.63) is 35.8 Å². The summed E-state index contributed by atoms with van der Waals surface area (Å²) in [5.41, 5.74) is 0.970. The molecule has 0 unspecified atom stereocenters. The maximum absolute atomic E-state index is 13.9. The zero-order valence-electron chi connectivity index (χ0n) is 15.6. The number of aromatic nitrogens is 5. The molecule has 3 heterocycles. The van der Waals surface area contributed by atoms with Gasteiger partial charge in [0.05, 0.1) is 18.2 Å². The highest BCUT2D eigenvalue weighted by molar-refractivity contribution is 5.97. The third-order valence-corrected chi connectivity index (χ3v) is 4.93. The fourth-order valence-corrected chi connectivity index (χ4v) is 3.40. The molecule has 1 aliphatic rings. The number of pyridine rings is 1. The van der Waals surface area contributed by atoms with Crippen LogP contribution in [-0.2, 0) is 7.05 Å². The van der Waals surface area contributed by atoms with Crippen molar-refractivity contribution in [1.82, 2.24) is 30.5 Å². The van der Waals surface area contributed by atoms with Gasteiger partial charge >= 0.3 is 0 Å². The summed E-state index contributed by atoms with van der Waals surface area (Å²) < 4.78 is 20.5. The molecule has 9 nitrogen and oxygen atoms in total. The summed E-state index contributed by atoms with van der Waals surface area (Å²) in [7, 11) is 3.20. The average Bonchev–Trinajstić information content (AvgIpc) is 3.13. The summed E-state index contributed by atoms with van der Waals surface area (Å²) in [6.07, 6.45) is 3.06. The molecule has 1 aliphatic heterocycles. The van der Waals surface area contributed by atoms with Crippen molar-refractivity contribution in [3.8, 4) is 5.75 Å². The summed E-state index contributed by atoms with van der Waals surface area (Å²) in [6, 6.07) is 4.53. The zero-order valence-corrected chi connectivity index (χ0v) is 15.6. The van der Waals surface area contributed by atoms with E-state index in [1.807, 2.05) is 0 Å². The topological polar surface area (TPSA) is 98.1 Å². The molecule has 0 spiro atoms. The number of rotatable bonds is 4. The molecule has 3 aromatic rings. The predicted molar refractivity (Wildman–Crippen MR) is 99.8 cm³/mol. The average molecular weight is 385 g/mol. The van der Waals surface area contributed by atoms with Crippen LogP contribution in [0.5, 0.6) is 5.75 Å². The number of halogens is 1. The van der Waals surface area contributed by atoms with Crippen LogP contribution in [0.15, 0.2) is 24.4 Å². The van der Waals surface area contributed by atoms with Crippen molar-refractivity contribution >= 4 is 22.8 Å². The molecule has 0 bridgehead atoms. The van der Waals surface area contributed by atoms with E-state index in [0.717, 1.165) is 31.9 Å². The second-order valence-corrected chi connectivity index (χ2v) is 6.74. The molecular weight excluding hydrogens is 365 g/mol. The number of aryl methyl sites for hydroxylation is 1. The number of carbonyl (C=O) groups excluding carboxylic acids is 1. The van der Waals surface area contributed by atoms with Gasteiger partial charge in [-0.15, -0.1) is 0 Å². The van der Waals surface area contributed by atoms with E-state index in [1.165, 1.54) is 25.4 Å². The maximum atomic E-state index is 13.9. The fourth-order valence-electron chi connectivity index (χ4n) is 3.40. The van der Waals surface area contributed by atoms with Gasteiger partial charge in [-0.05, 0) is 35.4 Å². The summed E-state index contributed by atoms with van der Waals surface area (Å²) in [5, 5.41) is 15.1. The molecule has 1 saturated heterocycles. The number of methoxy groups -OCH3 is 1. The molecule has 28 heavy (non-hydrogen) atoms. The minimum atomic E-state index is -0.486. The summed E-state index contributed by atoms with van der Waals surface area (Å²) in [6.45, 7) is 1.50. The Morgan fingerprint density at radius 1 is 1.29 bits per heavy atom. The Kier molecular flexibility index (Phi) is 4.76. The normalized spacial score (nSPS) is 15.0. The van der Waals surface area contributed by atoms with Crippen molar-refractivity contribution in [2.24, 2.45) is 7.05 Å². The molecular formula is C18H20FN7O2. The molecule has 1 aromatic carbocycles.